The lowest BCUT2D eigenvalue weighted by Gasteiger charge is -2.27. The molecule has 0 radical (unpaired) electrons. The van der Waals surface area contributed by atoms with E-state index in [0.29, 0.717) is 30.9 Å². The number of nitrogens with zero attached hydrogens (tertiary/aromatic N) is 2. The van der Waals surface area contributed by atoms with Crippen LogP contribution in [0.3, 0.4) is 0 Å². The molecule has 3 rings (SSSR count). The number of sulfonamides is 1. The zero-order chi connectivity index (χ0) is 24.0. The van der Waals surface area contributed by atoms with E-state index in [0.717, 1.165) is 5.56 Å². The van der Waals surface area contributed by atoms with Gasteiger partial charge >= 0.3 is 5.97 Å². The minimum Gasteiger partial charge on any atom is -0.495 e. The Hall–Kier alpha value is -2.95. The van der Waals surface area contributed by atoms with Gasteiger partial charge in [-0.15, -0.1) is 0 Å². The van der Waals surface area contributed by atoms with Gasteiger partial charge in [-0.3, -0.25) is 4.79 Å². The Bertz CT molecular complexity index is 1090. The van der Waals surface area contributed by atoms with Crippen molar-refractivity contribution in [2.24, 2.45) is 0 Å². The minimum atomic E-state index is -3.78. The van der Waals surface area contributed by atoms with Gasteiger partial charge in [0.25, 0.3) is 0 Å². The molecule has 0 unspecified atom stereocenters. The highest BCUT2D eigenvalue weighted by Gasteiger charge is 2.29. The molecular formula is C23H28N2O7S. The van der Waals surface area contributed by atoms with Crippen LogP contribution >= 0.6 is 0 Å². The predicted octanol–water partition coefficient (Wildman–Crippen LogP) is 1.70. The summed E-state index contributed by atoms with van der Waals surface area (Å²) in [5.41, 5.74) is 1.85. The van der Waals surface area contributed by atoms with Crippen LogP contribution in [-0.4, -0.2) is 77.1 Å². The van der Waals surface area contributed by atoms with Crippen LogP contribution in [-0.2, 0) is 37.3 Å². The Morgan fingerprint density at radius 3 is 2.27 bits per heavy atom. The summed E-state index contributed by atoms with van der Waals surface area (Å²) >= 11 is 0. The van der Waals surface area contributed by atoms with Gasteiger partial charge in [0.15, 0.2) is 0 Å². The number of carbonyl (C=O) groups is 2. The van der Waals surface area contributed by atoms with E-state index >= 15 is 0 Å². The smallest absolute Gasteiger partial charge is 0.337 e. The summed E-state index contributed by atoms with van der Waals surface area (Å²) < 4.78 is 42.9. The maximum absolute atomic E-state index is 13.1. The molecule has 10 heteroatoms. The van der Waals surface area contributed by atoms with Crippen LogP contribution in [0.15, 0.2) is 47.4 Å². The Kier molecular flexibility index (Phi) is 8.06. The number of benzene rings is 2. The summed E-state index contributed by atoms with van der Waals surface area (Å²) in [4.78, 5) is 25.9. The van der Waals surface area contributed by atoms with Gasteiger partial charge in [0.2, 0.25) is 15.9 Å². The molecule has 2 aromatic carbocycles. The molecule has 1 fully saturated rings. The molecule has 0 aliphatic carbocycles. The van der Waals surface area contributed by atoms with Crippen molar-refractivity contribution in [3.63, 3.8) is 0 Å². The van der Waals surface area contributed by atoms with Gasteiger partial charge in [0, 0.05) is 26.7 Å². The van der Waals surface area contributed by atoms with E-state index in [2.05, 4.69) is 4.74 Å². The minimum absolute atomic E-state index is 0.0341. The fourth-order valence-electron chi connectivity index (χ4n) is 3.49. The number of methoxy groups -OCH3 is 2. The molecule has 178 valence electrons. The fourth-order valence-corrected chi connectivity index (χ4v) is 5.11. The Labute approximate surface area is 193 Å². The largest absolute Gasteiger partial charge is 0.495 e. The van der Waals surface area contributed by atoms with Crippen LogP contribution in [0, 0.1) is 0 Å². The molecular weight excluding hydrogens is 448 g/mol. The first-order chi connectivity index (χ1) is 15.8. The van der Waals surface area contributed by atoms with E-state index < -0.39 is 16.0 Å². The highest BCUT2D eigenvalue weighted by Crippen LogP contribution is 2.28. The maximum atomic E-state index is 13.1. The average molecular weight is 477 g/mol. The van der Waals surface area contributed by atoms with Gasteiger partial charge in [0.05, 0.1) is 39.4 Å². The molecule has 0 atom stereocenters. The molecule has 0 bridgehead atoms. The summed E-state index contributed by atoms with van der Waals surface area (Å²) in [7, 11) is 0.626. The number of hydrogen-bond acceptors (Lipinski definition) is 7. The van der Waals surface area contributed by atoms with Gasteiger partial charge in [-0.2, -0.15) is 4.31 Å². The van der Waals surface area contributed by atoms with E-state index in [1.807, 2.05) is 0 Å². The molecule has 33 heavy (non-hydrogen) atoms. The standard InChI is InChI=1S/C23H28N2O7S/c1-24(16-17-4-7-19(8-5-17)23(27)31-3)22(26)15-18-6-9-20(30-2)21(14-18)33(28,29)25-10-12-32-13-11-25/h4-9,14H,10-13,15-16H2,1-3H3. The maximum Gasteiger partial charge on any atom is 0.337 e. The Morgan fingerprint density at radius 1 is 1.03 bits per heavy atom. The van der Waals surface area contributed by atoms with Crippen LogP contribution in [0.4, 0.5) is 0 Å². The second-order valence-electron chi connectivity index (χ2n) is 7.62. The van der Waals surface area contributed by atoms with E-state index in [1.165, 1.54) is 24.6 Å². The van der Waals surface area contributed by atoms with Crippen molar-refractivity contribution in [3.8, 4) is 5.75 Å². The van der Waals surface area contributed by atoms with Crippen molar-refractivity contribution < 1.29 is 32.2 Å². The molecule has 0 N–H and O–H groups in total. The van der Waals surface area contributed by atoms with Crippen molar-refractivity contribution >= 4 is 21.9 Å². The molecule has 1 aliphatic heterocycles. The summed E-state index contributed by atoms with van der Waals surface area (Å²) in [5, 5.41) is 0. The monoisotopic (exact) mass is 476 g/mol. The highest BCUT2D eigenvalue weighted by atomic mass is 32.2. The lowest BCUT2D eigenvalue weighted by atomic mass is 10.1. The summed E-state index contributed by atoms with van der Waals surface area (Å²) in [6, 6.07) is 11.6. The van der Waals surface area contributed by atoms with Crippen LogP contribution in [0.2, 0.25) is 0 Å². The first kappa shape index (κ1) is 24.7. The number of ether oxygens (including phenoxy) is 3. The third kappa shape index (κ3) is 5.89. The average Bonchev–Trinajstić information content (AvgIpc) is 2.84. The first-order valence-electron chi connectivity index (χ1n) is 10.4. The Balaban J connectivity index is 1.72. The third-order valence-electron chi connectivity index (χ3n) is 5.39. The fraction of sp³-hybridized carbons (Fsp3) is 0.391. The molecule has 1 aliphatic rings. The van der Waals surface area contributed by atoms with Crippen molar-refractivity contribution in [2.75, 3.05) is 47.6 Å². The third-order valence-corrected chi connectivity index (χ3v) is 7.31. The van der Waals surface area contributed by atoms with Crippen molar-refractivity contribution in [1.29, 1.82) is 0 Å². The zero-order valence-electron chi connectivity index (χ0n) is 18.9. The number of likely N-dealkylation sites (N-methyl/N-ethyl adjacent to an activating group) is 1. The van der Waals surface area contributed by atoms with E-state index in [1.54, 1.807) is 48.3 Å². The number of carbonyl (C=O) groups excluding carboxylic acids is 2. The second-order valence-corrected chi connectivity index (χ2v) is 9.52. The quantitative estimate of drug-likeness (QED) is 0.535. The lowest BCUT2D eigenvalue weighted by Crippen LogP contribution is -2.40. The van der Waals surface area contributed by atoms with E-state index in [9.17, 15) is 18.0 Å². The van der Waals surface area contributed by atoms with Crippen LogP contribution in [0.25, 0.3) is 0 Å². The van der Waals surface area contributed by atoms with E-state index in [4.69, 9.17) is 9.47 Å². The second kappa shape index (κ2) is 10.8. The van der Waals surface area contributed by atoms with Crippen molar-refractivity contribution in [2.45, 2.75) is 17.9 Å². The van der Waals surface area contributed by atoms with Gasteiger partial charge in [0.1, 0.15) is 10.6 Å². The van der Waals surface area contributed by atoms with Crippen LogP contribution < -0.4 is 4.74 Å². The molecule has 9 nitrogen and oxygen atoms in total. The summed E-state index contributed by atoms with van der Waals surface area (Å²) in [6.45, 7) is 1.56. The summed E-state index contributed by atoms with van der Waals surface area (Å²) in [6.07, 6.45) is 0.0341. The SMILES string of the molecule is COC(=O)c1ccc(CN(C)C(=O)Cc2ccc(OC)c(S(=O)(=O)N3CCOCC3)c2)cc1. The number of esters is 1. The van der Waals surface area contributed by atoms with Gasteiger partial charge < -0.3 is 19.1 Å². The van der Waals surface area contributed by atoms with Gasteiger partial charge in [-0.1, -0.05) is 18.2 Å². The number of hydrogen-bond donors (Lipinski definition) is 0. The molecule has 0 aromatic heterocycles. The number of rotatable bonds is 8. The molecule has 0 saturated carbocycles. The van der Waals surface area contributed by atoms with Crippen molar-refractivity contribution in [3.05, 3.63) is 59.2 Å². The summed E-state index contributed by atoms with van der Waals surface area (Å²) in [5.74, 6) is -0.364. The molecule has 1 saturated heterocycles. The van der Waals surface area contributed by atoms with Crippen LogP contribution in [0.5, 0.6) is 5.75 Å². The Morgan fingerprint density at radius 2 is 1.67 bits per heavy atom. The molecule has 0 spiro atoms. The van der Waals surface area contributed by atoms with Gasteiger partial charge in [-0.25, -0.2) is 13.2 Å². The molecule has 1 amide bonds. The topological polar surface area (TPSA) is 102 Å². The zero-order valence-corrected chi connectivity index (χ0v) is 19.8. The van der Waals surface area contributed by atoms with Crippen LogP contribution in [0.1, 0.15) is 21.5 Å². The number of morpholine rings is 1. The van der Waals surface area contributed by atoms with Gasteiger partial charge in [-0.05, 0) is 35.4 Å². The normalized spacial score (nSPS) is 14.5. The van der Waals surface area contributed by atoms with Crippen molar-refractivity contribution in [1.82, 2.24) is 9.21 Å². The first-order valence-corrected chi connectivity index (χ1v) is 11.9. The molecule has 1 heterocycles. The molecule has 2 aromatic rings. The lowest BCUT2D eigenvalue weighted by molar-refractivity contribution is -0.129. The number of amides is 1. The highest BCUT2D eigenvalue weighted by molar-refractivity contribution is 7.89. The van der Waals surface area contributed by atoms with E-state index in [-0.39, 0.29) is 36.1 Å². The predicted molar refractivity (Wildman–Crippen MR) is 121 cm³/mol.